The molecule has 0 spiro atoms. The van der Waals surface area contributed by atoms with Crippen molar-refractivity contribution in [3.8, 4) is 5.75 Å². The Hall–Kier alpha value is -2.81. The van der Waals surface area contributed by atoms with E-state index >= 15 is 4.39 Å². The van der Waals surface area contributed by atoms with Crippen LogP contribution >= 0.6 is 0 Å². The third kappa shape index (κ3) is 2.77. The lowest BCUT2D eigenvalue weighted by Crippen LogP contribution is -2.49. The fourth-order valence-electron chi connectivity index (χ4n) is 3.97. The molecule has 0 amide bonds. The largest absolute Gasteiger partial charge is 0.492 e. The number of benzene rings is 1. The number of rotatable bonds is 4. The molecule has 0 radical (unpaired) electrons. The van der Waals surface area contributed by atoms with Crippen molar-refractivity contribution < 1.29 is 19.0 Å². The van der Waals surface area contributed by atoms with Gasteiger partial charge in [-0.2, -0.15) is 0 Å². The third-order valence-corrected chi connectivity index (χ3v) is 5.44. The van der Waals surface area contributed by atoms with E-state index in [1.54, 1.807) is 4.57 Å². The normalized spacial score (nSPS) is 19.8. The molecule has 28 heavy (non-hydrogen) atoms. The summed E-state index contributed by atoms with van der Waals surface area (Å²) >= 11 is 0. The number of nitrogen functional groups attached to an aromatic ring is 1. The van der Waals surface area contributed by atoms with E-state index in [4.69, 9.17) is 10.5 Å². The van der Waals surface area contributed by atoms with Gasteiger partial charge < -0.3 is 30.4 Å². The number of halogens is 1. The molecule has 1 aromatic heterocycles. The van der Waals surface area contributed by atoms with Crippen molar-refractivity contribution in [2.75, 3.05) is 37.4 Å². The summed E-state index contributed by atoms with van der Waals surface area (Å²) < 4.78 is 22.7. The first-order chi connectivity index (χ1) is 13.3. The van der Waals surface area contributed by atoms with Crippen LogP contribution in [0.3, 0.4) is 0 Å². The first-order valence-corrected chi connectivity index (χ1v) is 9.30. The molecule has 1 saturated heterocycles. The number of hydrogen-bond acceptors (Lipinski definition) is 6. The zero-order valence-corrected chi connectivity index (χ0v) is 15.8. The van der Waals surface area contributed by atoms with Gasteiger partial charge in [-0.25, -0.2) is 9.18 Å². The minimum atomic E-state index is -1.36. The quantitative estimate of drug-likeness (QED) is 0.680. The monoisotopic (exact) mass is 390 g/mol. The van der Waals surface area contributed by atoms with Crippen molar-refractivity contribution in [2.45, 2.75) is 31.8 Å². The topological polar surface area (TPSA) is 110 Å². The van der Waals surface area contributed by atoms with Crippen LogP contribution in [-0.2, 0) is 0 Å². The Balaban J connectivity index is 2.10. The zero-order chi connectivity index (χ0) is 20.2. The third-order valence-electron chi connectivity index (χ3n) is 5.44. The van der Waals surface area contributed by atoms with Crippen LogP contribution in [0.2, 0.25) is 0 Å². The van der Waals surface area contributed by atoms with Crippen molar-refractivity contribution in [1.82, 2.24) is 9.88 Å². The number of carboxylic acid groups (broad SMARTS) is 1. The lowest BCUT2D eigenvalue weighted by molar-refractivity contribution is 0.0695. The second-order valence-electron chi connectivity index (χ2n) is 7.45. The van der Waals surface area contributed by atoms with Gasteiger partial charge in [0.15, 0.2) is 11.6 Å². The molecule has 1 atom stereocenters. The van der Waals surface area contributed by atoms with Crippen molar-refractivity contribution in [3.63, 3.8) is 0 Å². The number of carboxylic acids is 1. The Bertz CT molecular complexity index is 1030. The molecule has 0 bridgehead atoms. The molecule has 150 valence electrons. The van der Waals surface area contributed by atoms with Crippen molar-refractivity contribution >= 4 is 28.2 Å². The zero-order valence-electron chi connectivity index (χ0n) is 15.8. The number of anilines is 2. The highest BCUT2D eigenvalue weighted by Gasteiger charge is 2.33. The summed E-state index contributed by atoms with van der Waals surface area (Å²) in [6, 6.07) is 0.185. The minimum Gasteiger partial charge on any atom is -0.492 e. The summed E-state index contributed by atoms with van der Waals surface area (Å²) in [7, 11) is 1.42. The van der Waals surface area contributed by atoms with Crippen molar-refractivity contribution in [2.24, 2.45) is 0 Å². The molecule has 1 aromatic carbocycles. The van der Waals surface area contributed by atoms with Crippen LogP contribution in [0.4, 0.5) is 15.8 Å². The number of nitrogens with one attached hydrogen (secondary N) is 1. The lowest BCUT2D eigenvalue weighted by atomic mass is 10.0. The molecule has 8 nitrogen and oxygen atoms in total. The summed E-state index contributed by atoms with van der Waals surface area (Å²) in [5, 5.41) is 12.6. The van der Waals surface area contributed by atoms with E-state index < -0.39 is 22.8 Å². The SMILES string of the molecule is COc1c(N2CCN[C@@H](C)C2)c(F)c(N)c2c(=O)c(C(=O)O)cn(C3CC3)c12. The minimum absolute atomic E-state index is 0.0368. The number of aromatic nitrogens is 1. The van der Waals surface area contributed by atoms with Gasteiger partial charge in [-0.05, 0) is 19.8 Å². The molecule has 2 aliphatic rings. The molecule has 0 unspecified atom stereocenters. The van der Waals surface area contributed by atoms with Crippen LogP contribution in [0.15, 0.2) is 11.0 Å². The number of fused-ring (bicyclic) bond motifs is 1. The van der Waals surface area contributed by atoms with Gasteiger partial charge in [-0.15, -0.1) is 0 Å². The highest BCUT2D eigenvalue weighted by Crippen LogP contribution is 2.46. The van der Waals surface area contributed by atoms with Crippen LogP contribution in [0.5, 0.6) is 5.75 Å². The second-order valence-corrected chi connectivity index (χ2v) is 7.45. The Morgan fingerprint density at radius 2 is 2.14 bits per heavy atom. The van der Waals surface area contributed by atoms with Gasteiger partial charge in [0.1, 0.15) is 11.3 Å². The molecule has 9 heteroatoms. The average molecular weight is 390 g/mol. The molecule has 4 N–H and O–H groups in total. The number of carbonyl (C=O) groups is 1. The smallest absolute Gasteiger partial charge is 0.341 e. The lowest BCUT2D eigenvalue weighted by Gasteiger charge is -2.35. The molecule has 2 fully saturated rings. The number of pyridine rings is 1. The number of ether oxygens (including phenoxy) is 1. The van der Waals surface area contributed by atoms with Crippen LogP contribution in [0.1, 0.15) is 36.2 Å². The van der Waals surface area contributed by atoms with Crippen LogP contribution < -0.4 is 26.1 Å². The highest BCUT2D eigenvalue weighted by molar-refractivity contribution is 6.03. The predicted molar refractivity (Wildman–Crippen MR) is 104 cm³/mol. The Labute approximate surface area is 160 Å². The maximum absolute atomic E-state index is 15.4. The predicted octanol–water partition coefficient (Wildman–Crippen LogP) is 1.56. The van der Waals surface area contributed by atoms with Crippen LogP contribution in [-0.4, -0.2) is 48.4 Å². The van der Waals surface area contributed by atoms with Crippen LogP contribution in [0.25, 0.3) is 10.9 Å². The molecule has 2 heterocycles. The Morgan fingerprint density at radius 3 is 2.71 bits per heavy atom. The van der Waals surface area contributed by atoms with E-state index in [1.807, 2.05) is 11.8 Å². The Kier molecular flexibility index (Phi) is 4.41. The molecule has 1 saturated carbocycles. The van der Waals surface area contributed by atoms with E-state index in [0.29, 0.717) is 25.2 Å². The number of nitrogens with two attached hydrogens (primary N) is 1. The standard InChI is InChI=1S/C19H23FN4O4/c1-9-7-23(6-5-22-9)16-13(20)14(21)12-15(18(16)28-2)24(10-3-4-10)8-11(17(12)25)19(26)27/h8-10,22H,3-7,21H2,1-2H3,(H,26,27)/t9-/m0/s1. The number of hydrogen-bond donors (Lipinski definition) is 3. The summed E-state index contributed by atoms with van der Waals surface area (Å²) in [6.07, 6.45) is 3.02. The summed E-state index contributed by atoms with van der Waals surface area (Å²) in [5.74, 6) is -1.89. The Morgan fingerprint density at radius 1 is 1.43 bits per heavy atom. The molecule has 1 aliphatic carbocycles. The van der Waals surface area contributed by atoms with E-state index in [0.717, 1.165) is 12.8 Å². The van der Waals surface area contributed by atoms with E-state index in [9.17, 15) is 14.7 Å². The number of methoxy groups -OCH3 is 1. The molecule has 4 rings (SSSR count). The van der Waals surface area contributed by atoms with Gasteiger partial charge in [0.2, 0.25) is 5.43 Å². The van der Waals surface area contributed by atoms with Crippen molar-refractivity contribution in [3.05, 3.63) is 27.8 Å². The summed E-state index contributed by atoms with van der Waals surface area (Å²) in [4.78, 5) is 26.3. The van der Waals surface area contributed by atoms with E-state index in [2.05, 4.69) is 5.32 Å². The van der Waals surface area contributed by atoms with Gasteiger partial charge in [0.05, 0.1) is 23.7 Å². The summed E-state index contributed by atoms with van der Waals surface area (Å²) in [6.45, 7) is 3.79. The fraction of sp³-hybridized carbons (Fsp3) is 0.474. The average Bonchev–Trinajstić information content (AvgIpc) is 3.49. The highest BCUT2D eigenvalue weighted by atomic mass is 19.1. The molecular formula is C19H23FN4O4. The van der Waals surface area contributed by atoms with Gasteiger partial charge >= 0.3 is 5.97 Å². The van der Waals surface area contributed by atoms with Gasteiger partial charge in [0.25, 0.3) is 0 Å². The van der Waals surface area contributed by atoms with Crippen LogP contribution in [0, 0.1) is 5.82 Å². The first kappa shape index (κ1) is 18.5. The van der Waals surface area contributed by atoms with Gasteiger partial charge in [-0.3, -0.25) is 4.79 Å². The molecule has 2 aromatic rings. The number of aromatic carboxylic acids is 1. The van der Waals surface area contributed by atoms with E-state index in [-0.39, 0.29) is 34.6 Å². The van der Waals surface area contributed by atoms with Gasteiger partial charge in [-0.1, -0.05) is 0 Å². The van der Waals surface area contributed by atoms with Crippen molar-refractivity contribution in [1.29, 1.82) is 0 Å². The van der Waals surface area contributed by atoms with E-state index in [1.165, 1.54) is 13.3 Å². The maximum Gasteiger partial charge on any atom is 0.341 e. The summed E-state index contributed by atoms with van der Waals surface area (Å²) in [5.41, 5.74) is 5.09. The molecular weight excluding hydrogens is 367 g/mol. The van der Waals surface area contributed by atoms with Gasteiger partial charge in [0, 0.05) is 37.9 Å². The fourth-order valence-corrected chi connectivity index (χ4v) is 3.97. The second kappa shape index (κ2) is 6.66. The maximum atomic E-state index is 15.4. The first-order valence-electron chi connectivity index (χ1n) is 9.30. The molecule has 1 aliphatic heterocycles. The number of nitrogens with zero attached hydrogens (tertiary/aromatic N) is 2. The number of piperazine rings is 1.